The highest BCUT2D eigenvalue weighted by molar-refractivity contribution is 5.69. The van der Waals surface area contributed by atoms with Crippen molar-refractivity contribution in [1.82, 2.24) is 5.32 Å². The van der Waals surface area contributed by atoms with E-state index in [0.717, 1.165) is 13.0 Å². The fourth-order valence-corrected chi connectivity index (χ4v) is 2.21. The van der Waals surface area contributed by atoms with Crippen molar-refractivity contribution in [3.63, 3.8) is 0 Å². The average Bonchev–Trinajstić information content (AvgIpc) is 2.36. The van der Waals surface area contributed by atoms with Gasteiger partial charge in [0.05, 0.1) is 13.5 Å². The van der Waals surface area contributed by atoms with Gasteiger partial charge in [-0.05, 0) is 24.3 Å². The number of hydrogen-bond acceptors (Lipinski definition) is 3. The molecule has 0 aliphatic heterocycles. The van der Waals surface area contributed by atoms with Crippen LogP contribution in [0.2, 0.25) is 0 Å². The fraction of sp³-hybridized carbons (Fsp3) is 0.588. The zero-order chi connectivity index (χ0) is 15.2. The molecular formula is C17H27NO2. The predicted molar refractivity (Wildman–Crippen MR) is 82.5 cm³/mol. The molecule has 0 fully saturated rings. The van der Waals surface area contributed by atoms with Crippen LogP contribution >= 0.6 is 0 Å². The molecule has 1 N–H and O–H groups in total. The first-order valence-corrected chi connectivity index (χ1v) is 7.16. The molecule has 0 saturated carbocycles. The molecule has 1 aromatic rings. The number of carbonyl (C=O) groups excluding carboxylic acids is 1. The first-order chi connectivity index (χ1) is 9.30. The first kappa shape index (κ1) is 16.7. The summed E-state index contributed by atoms with van der Waals surface area (Å²) in [6.07, 6.45) is 1.35. The zero-order valence-corrected chi connectivity index (χ0v) is 13.3. The predicted octanol–water partition coefficient (Wildman–Crippen LogP) is 3.45. The number of esters is 1. The van der Waals surface area contributed by atoms with E-state index >= 15 is 0 Å². The largest absolute Gasteiger partial charge is 0.469 e. The highest BCUT2D eigenvalue weighted by atomic mass is 16.5. The van der Waals surface area contributed by atoms with E-state index in [9.17, 15) is 4.79 Å². The van der Waals surface area contributed by atoms with Gasteiger partial charge in [-0.1, -0.05) is 50.6 Å². The topological polar surface area (TPSA) is 38.3 Å². The molecule has 1 rings (SSSR count). The number of nitrogens with one attached hydrogen (secondary N) is 1. The second kappa shape index (κ2) is 7.44. The third-order valence-corrected chi connectivity index (χ3v) is 3.21. The maximum absolute atomic E-state index is 11.5. The molecular weight excluding hydrogens is 250 g/mol. The van der Waals surface area contributed by atoms with Gasteiger partial charge in [-0.3, -0.25) is 4.79 Å². The molecule has 112 valence electrons. The summed E-state index contributed by atoms with van der Waals surface area (Å²) in [6, 6.07) is 8.60. The summed E-state index contributed by atoms with van der Waals surface area (Å²) in [4.78, 5) is 11.5. The van der Waals surface area contributed by atoms with E-state index in [-0.39, 0.29) is 17.4 Å². The van der Waals surface area contributed by atoms with Crippen LogP contribution in [0.3, 0.4) is 0 Å². The third-order valence-electron chi connectivity index (χ3n) is 3.21. The van der Waals surface area contributed by atoms with Crippen molar-refractivity contribution in [2.24, 2.45) is 5.41 Å². The number of hydrogen-bond donors (Lipinski definition) is 1. The normalized spacial score (nSPS) is 13.1. The van der Waals surface area contributed by atoms with Crippen LogP contribution in [-0.2, 0) is 16.1 Å². The van der Waals surface area contributed by atoms with Crippen molar-refractivity contribution in [3.05, 3.63) is 35.4 Å². The van der Waals surface area contributed by atoms with Crippen molar-refractivity contribution in [2.75, 3.05) is 7.11 Å². The molecule has 1 atom stereocenters. The minimum Gasteiger partial charge on any atom is -0.469 e. The molecule has 0 bridgehead atoms. The van der Waals surface area contributed by atoms with E-state index in [4.69, 9.17) is 4.74 Å². The third kappa shape index (κ3) is 6.71. The molecule has 0 aliphatic carbocycles. The van der Waals surface area contributed by atoms with Gasteiger partial charge < -0.3 is 10.1 Å². The number of ether oxygens (including phenoxy) is 1. The van der Waals surface area contributed by atoms with Gasteiger partial charge in [0.1, 0.15) is 0 Å². The van der Waals surface area contributed by atoms with Gasteiger partial charge in [-0.25, -0.2) is 0 Å². The van der Waals surface area contributed by atoms with Crippen LogP contribution in [0.4, 0.5) is 0 Å². The van der Waals surface area contributed by atoms with E-state index < -0.39 is 0 Å². The minimum absolute atomic E-state index is 0.142. The first-order valence-electron chi connectivity index (χ1n) is 7.16. The molecule has 0 saturated heterocycles. The van der Waals surface area contributed by atoms with Gasteiger partial charge in [0.25, 0.3) is 0 Å². The average molecular weight is 277 g/mol. The summed E-state index contributed by atoms with van der Waals surface area (Å²) in [5.41, 5.74) is 2.67. The molecule has 3 heteroatoms. The van der Waals surface area contributed by atoms with Gasteiger partial charge in [0.2, 0.25) is 0 Å². The number of rotatable bonds is 6. The Kier molecular flexibility index (Phi) is 6.21. The lowest BCUT2D eigenvalue weighted by Gasteiger charge is -2.26. The van der Waals surface area contributed by atoms with Gasteiger partial charge in [-0.15, -0.1) is 0 Å². The van der Waals surface area contributed by atoms with Gasteiger partial charge in [-0.2, -0.15) is 0 Å². The highest BCUT2D eigenvalue weighted by Gasteiger charge is 2.21. The van der Waals surface area contributed by atoms with Crippen molar-refractivity contribution < 1.29 is 9.53 Å². The van der Waals surface area contributed by atoms with Gasteiger partial charge in [0.15, 0.2) is 0 Å². The molecule has 0 spiro atoms. The minimum atomic E-state index is -0.157. The second-order valence-electron chi connectivity index (χ2n) is 6.61. The summed E-state index contributed by atoms with van der Waals surface area (Å²) in [7, 11) is 1.44. The van der Waals surface area contributed by atoms with E-state index in [1.54, 1.807) is 0 Å². The standard InChI is InChI=1S/C17H27NO2/c1-13-6-8-14(9-7-13)12-18-15(10-16(19)20-5)11-17(2,3)4/h6-9,15,18H,10-12H2,1-5H3. The van der Waals surface area contributed by atoms with Gasteiger partial charge >= 0.3 is 5.97 Å². The number of aryl methyl sites for hydroxylation is 1. The Bertz CT molecular complexity index is 418. The molecule has 0 aliphatic rings. The Morgan fingerprint density at radius 1 is 1.25 bits per heavy atom. The van der Waals surface area contributed by atoms with Gasteiger partial charge in [0, 0.05) is 12.6 Å². The monoisotopic (exact) mass is 277 g/mol. The molecule has 1 unspecified atom stereocenters. The molecule has 3 nitrogen and oxygen atoms in total. The van der Waals surface area contributed by atoms with E-state index in [1.807, 2.05) is 0 Å². The Hall–Kier alpha value is -1.35. The molecule has 0 radical (unpaired) electrons. The highest BCUT2D eigenvalue weighted by Crippen LogP contribution is 2.22. The van der Waals surface area contributed by atoms with Crippen molar-refractivity contribution in [2.45, 2.75) is 53.1 Å². The maximum Gasteiger partial charge on any atom is 0.307 e. The number of carbonyl (C=O) groups is 1. The van der Waals surface area contributed by atoms with Crippen LogP contribution in [0.15, 0.2) is 24.3 Å². The second-order valence-corrected chi connectivity index (χ2v) is 6.61. The summed E-state index contributed by atoms with van der Waals surface area (Å²) >= 11 is 0. The Balaban J connectivity index is 2.59. The van der Waals surface area contributed by atoms with Crippen LogP contribution in [0.25, 0.3) is 0 Å². The Morgan fingerprint density at radius 2 is 1.85 bits per heavy atom. The molecule has 20 heavy (non-hydrogen) atoms. The summed E-state index contributed by atoms with van der Waals surface area (Å²) < 4.78 is 4.78. The zero-order valence-electron chi connectivity index (χ0n) is 13.3. The SMILES string of the molecule is COC(=O)CC(CC(C)(C)C)NCc1ccc(C)cc1. The summed E-state index contributed by atoms with van der Waals surface area (Å²) in [6.45, 7) is 9.41. The summed E-state index contributed by atoms with van der Waals surface area (Å²) in [5.74, 6) is -0.157. The molecule has 0 amide bonds. The van der Waals surface area contributed by atoms with E-state index in [0.29, 0.717) is 6.42 Å². The van der Waals surface area contributed by atoms with Crippen LogP contribution in [0.5, 0.6) is 0 Å². The van der Waals surface area contributed by atoms with Crippen molar-refractivity contribution in [1.29, 1.82) is 0 Å². The fourth-order valence-electron chi connectivity index (χ4n) is 2.21. The van der Waals surface area contributed by atoms with Crippen LogP contribution in [0.1, 0.15) is 44.7 Å². The Labute approximate surface area is 122 Å². The summed E-state index contributed by atoms with van der Waals surface area (Å²) in [5, 5.41) is 3.48. The van der Waals surface area contributed by atoms with E-state index in [1.165, 1.54) is 18.2 Å². The smallest absolute Gasteiger partial charge is 0.307 e. The molecule has 0 heterocycles. The van der Waals surface area contributed by atoms with Crippen LogP contribution in [-0.4, -0.2) is 19.1 Å². The molecule has 1 aromatic carbocycles. The lowest BCUT2D eigenvalue weighted by Crippen LogP contribution is -2.34. The van der Waals surface area contributed by atoms with Crippen molar-refractivity contribution in [3.8, 4) is 0 Å². The number of benzene rings is 1. The van der Waals surface area contributed by atoms with E-state index in [2.05, 4.69) is 57.3 Å². The van der Waals surface area contributed by atoms with Crippen molar-refractivity contribution >= 4 is 5.97 Å². The molecule has 0 aromatic heterocycles. The lowest BCUT2D eigenvalue weighted by molar-refractivity contribution is -0.141. The maximum atomic E-state index is 11.5. The Morgan fingerprint density at radius 3 is 2.35 bits per heavy atom. The van der Waals surface area contributed by atoms with Crippen LogP contribution < -0.4 is 5.32 Å². The quantitative estimate of drug-likeness (QED) is 0.809. The lowest BCUT2D eigenvalue weighted by atomic mass is 9.87. The van der Waals surface area contributed by atoms with Crippen LogP contribution in [0, 0.1) is 12.3 Å². The number of methoxy groups -OCH3 is 1.